The molecule has 2 nitrogen and oxygen atoms in total. The van der Waals surface area contributed by atoms with Crippen LogP contribution in [0, 0.1) is 0 Å². The van der Waals surface area contributed by atoms with E-state index in [1.165, 1.54) is 26.2 Å². The molecule has 66 valence electrons. The molecule has 0 unspecified atom stereocenters. The normalized spacial score (nSPS) is 28.9. The Labute approximate surface area is 94.3 Å². The molecule has 2 aliphatic heterocycles. The van der Waals surface area contributed by atoms with Gasteiger partial charge in [-0.15, -0.1) is 17.0 Å². The molecule has 2 rings (SSSR count). The summed E-state index contributed by atoms with van der Waals surface area (Å²) in [5.41, 5.74) is 0. The van der Waals surface area contributed by atoms with Crippen LogP contribution in [0.1, 0.15) is 0 Å². The first-order chi connectivity index (χ1) is 4.75. The molecular weight excluding hydrogens is 340 g/mol. The minimum absolute atomic E-state index is 0. The van der Waals surface area contributed by atoms with E-state index in [2.05, 4.69) is 41.9 Å². The monoisotopic (exact) mass is 348 g/mol. The average molecular weight is 351 g/mol. The van der Waals surface area contributed by atoms with E-state index in [9.17, 15) is 0 Å². The second kappa shape index (κ2) is 4.05. The SMILES string of the molecule is Br.BrC1CN2CC(Br)CN2C1. The highest BCUT2D eigenvalue weighted by Crippen LogP contribution is 2.25. The zero-order valence-corrected chi connectivity index (χ0v) is 10.9. The highest BCUT2D eigenvalue weighted by molar-refractivity contribution is 9.09. The van der Waals surface area contributed by atoms with E-state index in [-0.39, 0.29) is 17.0 Å². The van der Waals surface area contributed by atoms with Gasteiger partial charge in [0.25, 0.3) is 0 Å². The molecule has 0 N–H and O–H groups in total. The standard InChI is InChI=1S/C6H10Br2N2.BrH/c7-5-1-9-3-6(8)4-10(9)2-5;/h5-6H,1-4H2;1H. The van der Waals surface area contributed by atoms with Crippen molar-refractivity contribution in [2.24, 2.45) is 0 Å². The lowest BCUT2D eigenvalue weighted by Crippen LogP contribution is -2.28. The van der Waals surface area contributed by atoms with E-state index in [0.29, 0.717) is 9.65 Å². The molecule has 0 aromatic heterocycles. The fourth-order valence-corrected chi connectivity index (χ4v) is 2.98. The number of fused-ring (bicyclic) bond motifs is 1. The third-order valence-corrected chi connectivity index (χ3v) is 3.19. The summed E-state index contributed by atoms with van der Waals surface area (Å²) in [5, 5.41) is 4.83. The summed E-state index contributed by atoms with van der Waals surface area (Å²) < 4.78 is 0. The van der Waals surface area contributed by atoms with Crippen LogP contribution in [0.2, 0.25) is 0 Å². The Morgan fingerprint density at radius 3 is 1.36 bits per heavy atom. The van der Waals surface area contributed by atoms with Gasteiger partial charge in [-0.3, -0.25) is 0 Å². The molecule has 2 saturated heterocycles. The lowest BCUT2D eigenvalue weighted by atomic mass is 10.4. The van der Waals surface area contributed by atoms with E-state index in [0.717, 1.165) is 0 Å². The average Bonchev–Trinajstić information content (AvgIpc) is 2.21. The Bertz CT molecular complexity index is 116. The lowest BCUT2D eigenvalue weighted by Gasteiger charge is -2.15. The fraction of sp³-hybridized carbons (Fsp3) is 1.00. The van der Waals surface area contributed by atoms with Crippen LogP contribution in [0.3, 0.4) is 0 Å². The molecule has 0 saturated carbocycles. The van der Waals surface area contributed by atoms with Gasteiger partial charge in [-0.1, -0.05) is 31.9 Å². The van der Waals surface area contributed by atoms with Crippen LogP contribution in [0.5, 0.6) is 0 Å². The van der Waals surface area contributed by atoms with Crippen LogP contribution in [0.15, 0.2) is 0 Å². The van der Waals surface area contributed by atoms with Crippen molar-refractivity contribution in [3.05, 3.63) is 0 Å². The Morgan fingerprint density at radius 2 is 1.09 bits per heavy atom. The van der Waals surface area contributed by atoms with Gasteiger partial charge in [-0.2, -0.15) is 0 Å². The number of rotatable bonds is 0. The minimum Gasteiger partial charge on any atom is -0.239 e. The van der Waals surface area contributed by atoms with E-state index < -0.39 is 0 Å². The zero-order valence-electron chi connectivity index (χ0n) is 6.04. The van der Waals surface area contributed by atoms with Gasteiger partial charge in [0.15, 0.2) is 0 Å². The molecule has 0 amide bonds. The summed E-state index contributed by atoms with van der Waals surface area (Å²) in [6.45, 7) is 4.73. The van der Waals surface area contributed by atoms with Gasteiger partial charge in [-0.25, -0.2) is 10.0 Å². The highest BCUT2D eigenvalue weighted by Gasteiger charge is 2.35. The summed E-state index contributed by atoms with van der Waals surface area (Å²) in [7, 11) is 0. The Kier molecular flexibility index (Phi) is 3.84. The minimum atomic E-state index is 0. The maximum atomic E-state index is 3.62. The molecule has 2 aliphatic rings. The van der Waals surface area contributed by atoms with Crippen molar-refractivity contribution in [3.8, 4) is 0 Å². The predicted octanol–water partition coefficient (Wildman–Crippen LogP) is 1.64. The molecule has 0 bridgehead atoms. The molecule has 2 fully saturated rings. The highest BCUT2D eigenvalue weighted by atomic mass is 79.9. The summed E-state index contributed by atoms with van der Waals surface area (Å²) in [6, 6.07) is 0. The first-order valence-electron chi connectivity index (χ1n) is 3.53. The van der Waals surface area contributed by atoms with Crippen LogP contribution in [-0.2, 0) is 0 Å². The number of hydrogen-bond acceptors (Lipinski definition) is 2. The Balaban J connectivity index is 0.000000605. The molecule has 0 atom stereocenters. The van der Waals surface area contributed by atoms with E-state index in [1.54, 1.807) is 0 Å². The van der Waals surface area contributed by atoms with Gasteiger partial charge in [0.1, 0.15) is 0 Å². The molecule has 0 aliphatic carbocycles. The van der Waals surface area contributed by atoms with Gasteiger partial charge in [-0.05, 0) is 0 Å². The van der Waals surface area contributed by atoms with Crippen molar-refractivity contribution >= 4 is 48.8 Å². The summed E-state index contributed by atoms with van der Waals surface area (Å²) >= 11 is 7.23. The molecule has 0 radical (unpaired) electrons. The van der Waals surface area contributed by atoms with Crippen molar-refractivity contribution in [2.75, 3.05) is 26.2 Å². The third kappa shape index (κ3) is 2.18. The largest absolute Gasteiger partial charge is 0.239 e. The smallest absolute Gasteiger partial charge is 0.0428 e. The maximum absolute atomic E-state index is 3.62. The maximum Gasteiger partial charge on any atom is 0.0428 e. The molecule has 5 heteroatoms. The summed E-state index contributed by atoms with van der Waals surface area (Å²) in [5.74, 6) is 0. The van der Waals surface area contributed by atoms with Crippen molar-refractivity contribution in [1.29, 1.82) is 0 Å². The van der Waals surface area contributed by atoms with Crippen LogP contribution >= 0.6 is 48.8 Å². The van der Waals surface area contributed by atoms with Crippen LogP contribution < -0.4 is 0 Å². The van der Waals surface area contributed by atoms with Crippen molar-refractivity contribution in [1.82, 2.24) is 10.0 Å². The van der Waals surface area contributed by atoms with Crippen molar-refractivity contribution in [2.45, 2.75) is 9.65 Å². The Morgan fingerprint density at radius 1 is 0.818 bits per heavy atom. The van der Waals surface area contributed by atoms with Gasteiger partial charge < -0.3 is 0 Å². The second-order valence-electron chi connectivity index (χ2n) is 2.94. The fourth-order valence-electron chi connectivity index (χ4n) is 1.64. The van der Waals surface area contributed by atoms with Crippen molar-refractivity contribution in [3.63, 3.8) is 0 Å². The molecule has 0 aromatic rings. The van der Waals surface area contributed by atoms with Crippen LogP contribution in [-0.4, -0.2) is 45.9 Å². The van der Waals surface area contributed by atoms with Crippen LogP contribution in [0.4, 0.5) is 0 Å². The molecule has 11 heavy (non-hydrogen) atoms. The van der Waals surface area contributed by atoms with Crippen LogP contribution in [0.25, 0.3) is 0 Å². The first kappa shape index (κ1) is 10.4. The molecular formula is C6H11Br3N2. The van der Waals surface area contributed by atoms with E-state index in [4.69, 9.17) is 0 Å². The number of hydrazine groups is 1. The second-order valence-corrected chi connectivity index (χ2v) is 5.53. The Hall–Kier alpha value is 1.36. The molecule has 2 heterocycles. The van der Waals surface area contributed by atoms with Gasteiger partial charge in [0.2, 0.25) is 0 Å². The number of alkyl halides is 2. The third-order valence-electron chi connectivity index (χ3n) is 2.04. The zero-order chi connectivity index (χ0) is 7.14. The van der Waals surface area contributed by atoms with Gasteiger partial charge in [0.05, 0.1) is 0 Å². The topological polar surface area (TPSA) is 6.48 Å². The predicted molar refractivity (Wildman–Crippen MR) is 58.9 cm³/mol. The number of halogens is 3. The molecule has 0 aromatic carbocycles. The lowest BCUT2D eigenvalue weighted by molar-refractivity contribution is 0.0894. The van der Waals surface area contributed by atoms with E-state index in [1.807, 2.05) is 0 Å². The van der Waals surface area contributed by atoms with Gasteiger partial charge in [0, 0.05) is 35.8 Å². The quantitative estimate of drug-likeness (QED) is 0.613. The van der Waals surface area contributed by atoms with E-state index >= 15 is 0 Å². The summed E-state index contributed by atoms with van der Waals surface area (Å²) in [4.78, 5) is 1.37. The van der Waals surface area contributed by atoms with Gasteiger partial charge >= 0.3 is 0 Å². The first-order valence-corrected chi connectivity index (χ1v) is 5.37. The summed E-state index contributed by atoms with van der Waals surface area (Å²) in [6.07, 6.45) is 0. The van der Waals surface area contributed by atoms with Crippen molar-refractivity contribution < 1.29 is 0 Å². The number of hydrogen-bond donors (Lipinski definition) is 0. The molecule has 0 spiro atoms. The number of nitrogens with zero attached hydrogens (tertiary/aromatic N) is 2.